The summed E-state index contributed by atoms with van der Waals surface area (Å²) in [6.45, 7) is 0. The van der Waals surface area contributed by atoms with Gasteiger partial charge in [0.1, 0.15) is 0 Å². The van der Waals surface area contributed by atoms with Crippen molar-refractivity contribution in [3.63, 3.8) is 0 Å². The van der Waals surface area contributed by atoms with Crippen LogP contribution in [-0.2, 0) is 17.1 Å². The van der Waals surface area contributed by atoms with Crippen LogP contribution in [0.3, 0.4) is 0 Å². The molecule has 0 aliphatic rings. The first-order chi connectivity index (χ1) is 9.20. The van der Waals surface area contributed by atoms with Crippen molar-refractivity contribution in [2.75, 3.05) is 5.32 Å². The molecule has 1 amide bonds. The maximum absolute atomic E-state index is 12.0. The van der Waals surface area contributed by atoms with Crippen molar-refractivity contribution in [1.29, 1.82) is 0 Å². The van der Waals surface area contributed by atoms with E-state index in [0.717, 1.165) is 16.8 Å². The molecule has 0 bridgehead atoms. The predicted octanol–water partition coefficient (Wildman–Crippen LogP) is 4.26. The minimum atomic E-state index is -0.106. The van der Waals surface area contributed by atoms with E-state index in [2.05, 4.69) is 5.32 Å². The van der Waals surface area contributed by atoms with Crippen molar-refractivity contribution >= 4 is 34.8 Å². The smallest absolute Gasteiger partial charge is 0.228 e. The van der Waals surface area contributed by atoms with Crippen LogP contribution in [-0.4, -0.2) is 5.91 Å². The summed E-state index contributed by atoms with van der Waals surface area (Å²) in [5, 5.41) is 3.46. The molecule has 0 aromatic heterocycles. The molecule has 98 valence electrons. The molecule has 2 aromatic carbocycles. The molecule has 0 atom stereocenters. The SMILES string of the molecule is O=C(Cc1ccccc1Cl)Nc1ccccc1CCl. The first kappa shape index (κ1) is 13.9. The summed E-state index contributed by atoms with van der Waals surface area (Å²) in [4.78, 5) is 12.0. The maximum Gasteiger partial charge on any atom is 0.228 e. The number of para-hydroxylation sites is 1. The zero-order valence-electron chi connectivity index (χ0n) is 10.2. The van der Waals surface area contributed by atoms with E-state index in [9.17, 15) is 4.79 Å². The Labute approximate surface area is 122 Å². The Morgan fingerprint density at radius 1 is 1.00 bits per heavy atom. The molecule has 0 aliphatic carbocycles. The van der Waals surface area contributed by atoms with Gasteiger partial charge in [-0.05, 0) is 23.3 Å². The third-order valence-electron chi connectivity index (χ3n) is 2.74. The lowest BCUT2D eigenvalue weighted by Crippen LogP contribution is -2.15. The number of hydrogen-bond donors (Lipinski definition) is 1. The lowest BCUT2D eigenvalue weighted by atomic mass is 10.1. The molecule has 0 heterocycles. The number of nitrogens with one attached hydrogen (secondary N) is 1. The molecule has 0 spiro atoms. The quantitative estimate of drug-likeness (QED) is 0.839. The Hall–Kier alpha value is -1.51. The van der Waals surface area contributed by atoms with E-state index >= 15 is 0 Å². The molecule has 0 radical (unpaired) electrons. The lowest BCUT2D eigenvalue weighted by Gasteiger charge is -2.09. The Morgan fingerprint density at radius 3 is 2.32 bits per heavy atom. The summed E-state index contributed by atoms with van der Waals surface area (Å²) in [7, 11) is 0. The standard InChI is InChI=1S/C15H13Cl2NO/c16-10-12-6-2-4-8-14(12)18-15(19)9-11-5-1-3-7-13(11)17/h1-8H,9-10H2,(H,18,19). The van der Waals surface area contributed by atoms with Crippen LogP contribution in [0.1, 0.15) is 11.1 Å². The molecule has 0 fully saturated rings. The second-order valence-corrected chi connectivity index (χ2v) is 4.78. The van der Waals surface area contributed by atoms with Gasteiger partial charge in [-0.1, -0.05) is 48.0 Å². The lowest BCUT2D eigenvalue weighted by molar-refractivity contribution is -0.115. The number of anilines is 1. The number of alkyl halides is 1. The van der Waals surface area contributed by atoms with Crippen molar-refractivity contribution < 1.29 is 4.79 Å². The average molecular weight is 294 g/mol. The molecular formula is C15H13Cl2NO. The first-order valence-electron chi connectivity index (χ1n) is 5.88. The monoisotopic (exact) mass is 293 g/mol. The van der Waals surface area contributed by atoms with Gasteiger partial charge < -0.3 is 5.32 Å². The highest BCUT2D eigenvalue weighted by atomic mass is 35.5. The van der Waals surface area contributed by atoms with E-state index in [1.807, 2.05) is 42.5 Å². The number of rotatable bonds is 4. The normalized spacial score (nSPS) is 10.2. The predicted molar refractivity (Wildman–Crippen MR) is 79.8 cm³/mol. The third kappa shape index (κ3) is 3.72. The Bertz CT molecular complexity index is 584. The summed E-state index contributed by atoms with van der Waals surface area (Å²) in [5.74, 6) is 0.258. The molecule has 2 aromatic rings. The zero-order valence-corrected chi connectivity index (χ0v) is 11.7. The molecule has 4 heteroatoms. The fourth-order valence-corrected chi connectivity index (χ4v) is 2.20. The maximum atomic E-state index is 12.0. The van der Waals surface area contributed by atoms with E-state index in [-0.39, 0.29) is 12.3 Å². The Kier molecular flexibility index (Phi) is 4.83. The number of carbonyl (C=O) groups excluding carboxylic acids is 1. The summed E-state index contributed by atoms with van der Waals surface area (Å²) < 4.78 is 0. The van der Waals surface area contributed by atoms with Gasteiger partial charge in [0, 0.05) is 16.6 Å². The fourth-order valence-electron chi connectivity index (χ4n) is 1.77. The highest BCUT2D eigenvalue weighted by Gasteiger charge is 2.08. The van der Waals surface area contributed by atoms with E-state index in [1.54, 1.807) is 6.07 Å². The number of amides is 1. The summed E-state index contributed by atoms with van der Waals surface area (Å²) in [6.07, 6.45) is 0.246. The van der Waals surface area contributed by atoms with Crippen LogP contribution in [0.2, 0.25) is 5.02 Å². The minimum Gasteiger partial charge on any atom is -0.326 e. The van der Waals surface area contributed by atoms with Gasteiger partial charge in [0.2, 0.25) is 5.91 Å². The van der Waals surface area contributed by atoms with E-state index < -0.39 is 0 Å². The fraction of sp³-hybridized carbons (Fsp3) is 0.133. The van der Waals surface area contributed by atoms with E-state index in [0.29, 0.717) is 10.9 Å². The van der Waals surface area contributed by atoms with Gasteiger partial charge in [0.15, 0.2) is 0 Å². The molecule has 0 saturated heterocycles. The topological polar surface area (TPSA) is 29.1 Å². The van der Waals surface area contributed by atoms with Gasteiger partial charge in [0.25, 0.3) is 0 Å². The average Bonchev–Trinajstić information content (AvgIpc) is 2.42. The van der Waals surface area contributed by atoms with Crippen LogP contribution in [0.5, 0.6) is 0 Å². The second-order valence-electron chi connectivity index (χ2n) is 4.11. The van der Waals surface area contributed by atoms with Crippen molar-refractivity contribution in [3.8, 4) is 0 Å². The largest absolute Gasteiger partial charge is 0.326 e. The molecule has 1 N–H and O–H groups in total. The van der Waals surface area contributed by atoms with Gasteiger partial charge in [-0.3, -0.25) is 4.79 Å². The first-order valence-corrected chi connectivity index (χ1v) is 6.79. The van der Waals surface area contributed by atoms with Gasteiger partial charge in [-0.2, -0.15) is 0 Å². The van der Waals surface area contributed by atoms with Crippen LogP contribution in [0, 0.1) is 0 Å². The Morgan fingerprint density at radius 2 is 1.63 bits per heavy atom. The summed E-state index contributed by atoms with van der Waals surface area (Å²) >= 11 is 11.9. The molecule has 2 nitrogen and oxygen atoms in total. The van der Waals surface area contributed by atoms with Crippen LogP contribution < -0.4 is 5.32 Å². The van der Waals surface area contributed by atoms with Crippen molar-refractivity contribution in [2.24, 2.45) is 0 Å². The minimum absolute atomic E-state index is 0.106. The van der Waals surface area contributed by atoms with Crippen LogP contribution in [0.25, 0.3) is 0 Å². The zero-order chi connectivity index (χ0) is 13.7. The van der Waals surface area contributed by atoms with Gasteiger partial charge in [-0.25, -0.2) is 0 Å². The van der Waals surface area contributed by atoms with Gasteiger partial charge in [0.05, 0.1) is 6.42 Å². The number of hydrogen-bond acceptors (Lipinski definition) is 1. The molecule has 19 heavy (non-hydrogen) atoms. The number of benzene rings is 2. The third-order valence-corrected chi connectivity index (χ3v) is 3.40. The van der Waals surface area contributed by atoms with Crippen LogP contribution in [0.15, 0.2) is 48.5 Å². The molecule has 2 rings (SSSR count). The highest BCUT2D eigenvalue weighted by molar-refractivity contribution is 6.31. The van der Waals surface area contributed by atoms with Crippen LogP contribution >= 0.6 is 23.2 Å². The molecule has 0 aliphatic heterocycles. The summed E-state index contributed by atoms with van der Waals surface area (Å²) in [5.41, 5.74) is 2.45. The molecular weight excluding hydrogens is 281 g/mol. The van der Waals surface area contributed by atoms with Crippen molar-refractivity contribution in [1.82, 2.24) is 0 Å². The van der Waals surface area contributed by atoms with Gasteiger partial charge >= 0.3 is 0 Å². The summed E-state index contributed by atoms with van der Waals surface area (Å²) in [6, 6.07) is 14.8. The van der Waals surface area contributed by atoms with E-state index in [4.69, 9.17) is 23.2 Å². The molecule has 0 unspecified atom stereocenters. The van der Waals surface area contributed by atoms with Crippen LogP contribution in [0.4, 0.5) is 5.69 Å². The second kappa shape index (κ2) is 6.60. The number of halogens is 2. The highest BCUT2D eigenvalue weighted by Crippen LogP contribution is 2.19. The van der Waals surface area contributed by atoms with Gasteiger partial charge in [-0.15, -0.1) is 11.6 Å². The van der Waals surface area contributed by atoms with E-state index in [1.165, 1.54) is 0 Å². The Balaban J connectivity index is 2.08. The van der Waals surface area contributed by atoms with Crippen molar-refractivity contribution in [3.05, 3.63) is 64.7 Å². The van der Waals surface area contributed by atoms with Crippen molar-refractivity contribution in [2.45, 2.75) is 12.3 Å². The molecule has 0 saturated carbocycles. The number of carbonyl (C=O) groups is 1.